The van der Waals surface area contributed by atoms with Crippen LogP contribution in [0.1, 0.15) is 44.4 Å². The van der Waals surface area contributed by atoms with E-state index in [1.165, 1.54) is 12.1 Å². The lowest BCUT2D eigenvalue weighted by Crippen LogP contribution is -2.41. The molecule has 2 aromatic rings. The van der Waals surface area contributed by atoms with Crippen LogP contribution in [0.2, 0.25) is 0 Å². The van der Waals surface area contributed by atoms with Crippen LogP contribution in [0.15, 0.2) is 59.5 Å². The van der Waals surface area contributed by atoms with E-state index in [1.54, 1.807) is 26.0 Å². The van der Waals surface area contributed by atoms with Gasteiger partial charge in [0.05, 0.1) is 17.6 Å². The standard InChI is InChI=1S/C25H32O8S/c1-5-20(17-9-7-6-8-10-17)30-24-23-22(32-25(3,4)33-23)21(31-24)19(26)15-29-34(27,28)18-13-11-16(2)12-14-18/h6-14,19-24,26H,5,15H2,1-4H3/t19-,20?,21-,22+,23+,24+/m1/s1. The van der Waals surface area contributed by atoms with Crippen LogP contribution in [0, 0.1) is 6.92 Å². The zero-order chi connectivity index (χ0) is 24.5. The van der Waals surface area contributed by atoms with E-state index >= 15 is 0 Å². The molecule has 2 aliphatic heterocycles. The Kier molecular flexibility index (Phi) is 7.44. The number of ether oxygens (including phenoxy) is 4. The Morgan fingerprint density at radius 2 is 1.68 bits per heavy atom. The van der Waals surface area contributed by atoms with Crippen LogP contribution < -0.4 is 0 Å². The lowest BCUT2D eigenvalue weighted by molar-refractivity contribution is -0.255. The summed E-state index contributed by atoms with van der Waals surface area (Å²) in [6.07, 6.45) is -3.74. The van der Waals surface area contributed by atoms with E-state index in [9.17, 15) is 13.5 Å². The Morgan fingerprint density at radius 1 is 1.03 bits per heavy atom. The van der Waals surface area contributed by atoms with Gasteiger partial charge in [0, 0.05) is 0 Å². The minimum atomic E-state index is -4.04. The fourth-order valence-corrected chi connectivity index (χ4v) is 5.20. The van der Waals surface area contributed by atoms with Crippen molar-refractivity contribution in [2.75, 3.05) is 6.61 Å². The summed E-state index contributed by atoms with van der Waals surface area (Å²) in [7, 11) is -4.04. The number of fused-ring (bicyclic) bond motifs is 1. The summed E-state index contributed by atoms with van der Waals surface area (Å²) < 4.78 is 54.5. The molecule has 0 aliphatic carbocycles. The number of aliphatic hydroxyl groups excluding tert-OH is 1. The van der Waals surface area contributed by atoms with Gasteiger partial charge in [0.2, 0.25) is 0 Å². The zero-order valence-electron chi connectivity index (χ0n) is 19.8. The van der Waals surface area contributed by atoms with E-state index in [0.717, 1.165) is 11.1 Å². The number of hydrogen-bond acceptors (Lipinski definition) is 8. The monoisotopic (exact) mass is 492 g/mol. The minimum absolute atomic E-state index is 0.0203. The molecule has 0 saturated carbocycles. The maximum atomic E-state index is 12.5. The molecule has 9 heteroatoms. The molecule has 34 heavy (non-hydrogen) atoms. The van der Waals surface area contributed by atoms with Gasteiger partial charge in [-0.15, -0.1) is 0 Å². The topological polar surface area (TPSA) is 101 Å². The van der Waals surface area contributed by atoms with Crippen LogP contribution in [-0.4, -0.2) is 56.6 Å². The Hall–Kier alpha value is -1.85. The molecule has 0 bridgehead atoms. The summed E-state index contributed by atoms with van der Waals surface area (Å²) in [6, 6.07) is 16.1. The van der Waals surface area contributed by atoms with Crippen LogP contribution in [-0.2, 0) is 33.2 Å². The third-order valence-electron chi connectivity index (χ3n) is 5.97. The van der Waals surface area contributed by atoms with Crippen molar-refractivity contribution in [2.45, 2.75) is 81.6 Å². The number of hydrogen-bond donors (Lipinski definition) is 1. The molecule has 6 atom stereocenters. The highest BCUT2D eigenvalue weighted by Gasteiger charge is 2.58. The molecule has 186 valence electrons. The predicted molar refractivity (Wildman–Crippen MR) is 123 cm³/mol. The average Bonchev–Trinajstić information content (AvgIpc) is 3.29. The first-order valence-electron chi connectivity index (χ1n) is 11.5. The fraction of sp³-hybridized carbons (Fsp3) is 0.520. The van der Waals surface area contributed by atoms with Gasteiger partial charge in [-0.25, -0.2) is 0 Å². The minimum Gasteiger partial charge on any atom is -0.388 e. The van der Waals surface area contributed by atoms with Gasteiger partial charge >= 0.3 is 0 Å². The first-order valence-corrected chi connectivity index (χ1v) is 12.9. The molecular formula is C25H32O8S. The van der Waals surface area contributed by atoms with Crippen molar-refractivity contribution in [1.82, 2.24) is 0 Å². The van der Waals surface area contributed by atoms with Gasteiger partial charge in [0.1, 0.15) is 24.4 Å². The van der Waals surface area contributed by atoms with Gasteiger partial charge in [0.25, 0.3) is 10.1 Å². The van der Waals surface area contributed by atoms with Gasteiger partial charge in [0.15, 0.2) is 12.1 Å². The Morgan fingerprint density at radius 3 is 2.32 bits per heavy atom. The quantitative estimate of drug-likeness (QED) is 0.531. The molecule has 2 aromatic carbocycles. The summed E-state index contributed by atoms with van der Waals surface area (Å²) in [5.74, 6) is -0.901. The molecule has 8 nitrogen and oxygen atoms in total. The maximum Gasteiger partial charge on any atom is 0.297 e. The maximum absolute atomic E-state index is 12.5. The van der Waals surface area contributed by atoms with Crippen molar-refractivity contribution in [3.63, 3.8) is 0 Å². The lowest BCUT2D eigenvalue weighted by atomic mass is 10.1. The molecule has 2 heterocycles. The molecule has 4 rings (SSSR count). The van der Waals surface area contributed by atoms with E-state index in [1.807, 2.05) is 44.2 Å². The summed E-state index contributed by atoms with van der Waals surface area (Å²) in [5.41, 5.74) is 1.93. The zero-order valence-corrected chi connectivity index (χ0v) is 20.6. The van der Waals surface area contributed by atoms with Gasteiger partial charge in [-0.1, -0.05) is 55.0 Å². The van der Waals surface area contributed by atoms with Crippen LogP contribution in [0.5, 0.6) is 0 Å². The van der Waals surface area contributed by atoms with Crippen LogP contribution >= 0.6 is 0 Å². The van der Waals surface area contributed by atoms with Crippen LogP contribution in [0.25, 0.3) is 0 Å². The van der Waals surface area contributed by atoms with Gasteiger partial charge in [-0.05, 0) is 44.9 Å². The second-order valence-corrected chi connectivity index (χ2v) is 10.7. The molecule has 0 aromatic heterocycles. The highest BCUT2D eigenvalue weighted by Crippen LogP contribution is 2.42. The number of aliphatic hydroxyl groups is 1. The molecular weight excluding hydrogens is 460 g/mol. The summed E-state index contributed by atoms with van der Waals surface area (Å²) in [6.45, 7) is 6.93. The van der Waals surface area contributed by atoms with Crippen molar-refractivity contribution >= 4 is 10.1 Å². The van der Waals surface area contributed by atoms with Crippen LogP contribution in [0.3, 0.4) is 0 Å². The van der Waals surface area contributed by atoms with Crippen molar-refractivity contribution in [3.05, 3.63) is 65.7 Å². The average molecular weight is 493 g/mol. The second kappa shape index (κ2) is 10.0. The predicted octanol–water partition coefficient (Wildman–Crippen LogP) is 3.47. The van der Waals surface area contributed by atoms with E-state index < -0.39 is 53.2 Å². The molecule has 0 spiro atoms. The summed E-state index contributed by atoms with van der Waals surface area (Å²) >= 11 is 0. The molecule has 0 radical (unpaired) electrons. The van der Waals surface area contributed by atoms with Crippen molar-refractivity contribution < 1.29 is 36.7 Å². The van der Waals surface area contributed by atoms with Gasteiger partial charge in [-0.3, -0.25) is 4.18 Å². The van der Waals surface area contributed by atoms with Crippen molar-refractivity contribution in [1.29, 1.82) is 0 Å². The molecule has 0 amide bonds. The second-order valence-electron chi connectivity index (χ2n) is 9.10. The van der Waals surface area contributed by atoms with Gasteiger partial charge in [-0.2, -0.15) is 8.42 Å². The van der Waals surface area contributed by atoms with E-state index in [4.69, 9.17) is 23.1 Å². The molecule has 1 N–H and O–H groups in total. The van der Waals surface area contributed by atoms with Crippen molar-refractivity contribution in [3.8, 4) is 0 Å². The Labute approximate surface area is 200 Å². The summed E-state index contributed by atoms with van der Waals surface area (Å²) in [5, 5.41) is 10.8. The Balaban J connectivity index is 1.46. The fourth-order valence-electron chi connectivity index (χ4n) is 4.28. The molecule has 2 aliphatic rings. The van der Waals surface area contributed by atoms with Gasteiger partial charge < -0.3 is 24.1 Å². The van der Waals surface area contributed by atoms with Crippen LogP contribution in [0.4, 0.5) is 0 Å². The third-order valence-corrected chi connectivity index (χ3v) is 7.27. The van der Waals surface area contributed by atoms with E-state index in [-0.39, 0.29) is 11.0 Å². The number of aryl methyl sites for hydroxylation is 1. The molecule has 2 saturated heterocycles. The van der Waals surface area contributed by atoms with Crippen molar-refractivity contribution in [2.24, 2.45) is 0 Å². The number of benzene rings is 2. The largest absolute Gasteiger partial charge is 0.388 e. The smallest absolute Gasteiger partial charge is 0.297 e. The highest BCUT2D eigenvalue weighted by atomic mass is 32.2. The first kappa shape index (κ1) is 25.2. The number of rotatable bonds is 9. The highest BCUT2D eigenvalue weighted by molar-refractivity contribution is 7.86. The third kappa shape index (κ3) is 5.52. The van der Waals surface area contributed by atoms with E-state index in [2.05, 4.69) is 0 Å². The SMILES string of the molecule is CCC(O[C@H]1O[C@H]([C@H](O)COS(=O)(=O)c2ccc(C)cc2)[C@@H]2OC(C)(C)O[C@H]12)c1ccccc1. The lowest BCUT2D eigenvalue weighted by Gasteiger charge is -2.28. The molecule has 1 unspecified atom stereocenters. The molecule has 2 fully saturated rings. The summed E-state index contributed by atoms with van der Waals surface area (Å²) in [4.78, 5) is 0.0203. The van der Waals surface area contributed by atoms with E-state index in [0.29, 0.717) is 6.42 Å². The first-order chi connectivity index (χ1) is 16.1. The Bertz CT molecular complexity index is 1050. The normalized spacial score (nSPS) is 27.9.